The fourth-order valence-corrected chi connectivity index (χ4v) is 3.78. The number of anilines is 1. The summed E-state index contributed by atoms with van der Waals surface area (Å²) >= 11 is 0. The molecule has 1 atom stereocenters. The van der Waals surface area contributed by atoms with Gasteiger partial charge in [0.2, 0.25) is 0 Å². The molecule has 0 saturated heterocycles. The van der Waals surface area contributed by atoms with E-state index in [4.69, 9.17) is 15.9 Å². The van der Waals surface area contributed by atoms with Crippen molar-refractivity contribution in [2.45, 2.75) is 47.5 Å². The van der Waals surface area contributed by atoms with E-state index in [2.05, 4.69) is 31.0 Å². The Labute approximate surface area is 236 Å². The van der Waals surface area contributed by atoms with Crippen LogP contribution in [0.4, 0.5) is 5.69 Å². The first kappa shape index (κ1) is 33.6. The summed E-state index contributed by atoms with van der Waals surface area (Å²) < 4.78 is 0. The van der Waals surface area contributed by atoms with Crippen molar-refractivity contribution in [3.05, 3.63) is 87.7 Å². The van der Waals surface area contributed by atoms with Gasteiger partial charge in [-0.2, -0.15) is 0 Å². The molecular weight excluding hydrogens is 530 g/mol. The maximum atomic E-state index is 11.3. The Morgan fingerprint density at radius 1 is 0.975 bits per heavy atom. The minimum absolute atomic E-state index is 0.0359. The van der Waals surface area contributed by atoms with Crippen LogP contribution in [0.3, 0.4) is 0 Å². The monoisotopic (exact) mass is 564 g/mol. The van der Waals surface area contributed by atoms with Gasteiger partial charge < -0.3 is 26.2 Å². The topological polar surface area (TPSA) is 175 Å². The van der Waals surface area contributed by atoms with E-state index in [1.807, 2.05) is 6.07 Å². The number of hydrogen-bond donors (Lipinski definition) is 5. The van der Waals surface area contributed by atoms with E-state index < -0.39 is 29.3 Å². The zero-order chi connectivity index (χ0) is 30.8. The SMILES string of the molecule is CC1(C(=O)O)C=CC=C(C(=O)O)C1.CCC(C)=C(C)[Si].Cc1c(C(=O)O)cc(-c2ccccc2)c(N)c1C(=O)O. The van der Waals surface area contributed by atoms with Crippen LogP contribution in [0, 0.1) is 12.3 Å². The fourth-order valence-electron chi connectivity index (χ4n) is 3.61. The predicted molar refractivity (Wildman–Crippen MR) is 155 cm³/mol. The zero-order valence-corrected chi connectivity index (χ0v) is 24.1. The van der Waals surface area contributed by atoms with E-state index in [0.29, 0.717) is 11.1 Å². The molecule has 10 heteroatoms. The van der Waals surface area contributed by atoms with Crippen molar-refractivity contribution in [2.24, 2.45) is 5.41 Å². The lowest BCUT2D eigenvalue weighted by atomic mass is 9.80. The maximum absolute atomic E-state index is 11.3. The van der Waals surface area contributed by atoms with Crippen LogP contribution in [0.2, 0.25) is 0 Å². The van der Waals surface area contributed by atoms with Crippen molar-refractivity contribution >= 4 is 39.8 Å². The van der Waals surface area contributed by atoms with E-state index in [9.17, 15) is 29.4 Å². The molecule has 0 saturated carbocycles. The van der Waals surface area contributed by atoms with Crippen molar-refractivity contribution in [3.63, 3.8) is 0 Å². The number of nitrogen functional groups attached to an aromatic ring is 1. The molecule has 3 rings (SSSR count). The van der Waals surface area contributed by atoms with Gasteiger partial charge in [0.1, 0.15) is 0 Å². The van der Waals surface area contributed by atoms with Gasteiger partial charge in [0.05, 0.1) is 32.5 Å². The maximum Gasteiger partial charge on any atom is 0.338 e. The van der Waals surface area contributed by atoms with Gasteiger partial charge in [-0.15, -0.1) is 0 Å². The highest BCUT2D eigenvalue weighted by molar-refractivity contribution is 6.21. The normalized spacial score (nSPS) is 16.2. The summed E-state index contributed by atoms with van der Waals surface area (Å²) in [5.74, 6) is -4.48. The van der Waals surface area contributed by atoms with Gasteiger partial charge in [0.15, 0.2) is 0 Å². The summed E-state index contributed by atoms with van der Waals surface area (Å²) in [4.78, 5) is 43.9. The van der Waals surface area contributed by atoms with E-state index in [1.54, 1.807) is 24.3 Å². The Balaban J connectivity index is 0.000000343. The molecule has 1 aliphatic carbocycles. The minimum Gasteiger partial charge on any atom is -0.481 e. The quantitative estimate of drug-likeness (QED) is 0.222. The van der Waals surface area contributed by atoms with Crippen molar-refractivity contribution in [2.75, 3.05) is 5.73 Å². The first-order valence-corrected chi connectivity index (χ1v) is 12.7. The minimum atomic E-state index is -1.24. The number of nitrogens with two attached hydrogens (primary N) is 1. The molecule has 0 amide bonds. The molecule has 0 aromatic heterocycles. The van der Waals surface area contributed by atoms with Crippen LogP contribution >= 0.6 is 0 Å². The van der Waals surface area contributed by atoms with E-state index >= 15 is 0 Å². The van der Waals surface area contributed by atoms with Crippen LogP contribution in [0.5, 0.6) is 0 Å². The lowest BCUT2D eigenvalue weighted by molar-refractivity contribution is -0.145. The van der Waals surface area contributed by atoms with Crippen LogP contribution in [-0.2, 0) is 9.59 Å². The van der Waals surface area contributed by atoms with Gasteiger partial charge in [-0.3, -0.25) is 4.79 Å². The third-order valence-electron chi connectivity index (χ3n) is 6.41. The lowest BCUT2D eigenvalue weighted by Gasteiger charge is -2.23. The molecule has 0 aliphatic heterocycles. The van der Waals surface area contributed by atoms with E-state index in [-0.39, 0.29) is 34.4 Å². The van der Waals surface area contributed by atoms with E-state index in [0.717, 1.165) is 6.42 Å². The second kappa shape index (κ2) is 14.6. The number of benzene rings is 2. The number of aromatic carboxylic acids is 2. The van der Waals surface area contributed by atoms with Crippen molar-refractivity contribution < 1.29 is 39.6 Å². The summed E-state index contributed by atoms with van der Waals surface area (Å²) in [5.41, 5.74) is 7.48. The van der Waals surface area contributed by atoms with E-state index in [1.165, 1.54) is 48.9 Å². The molecule has 0 bridgehead atoms. The number of hydrogen-bond acceptors (Lipinski definition) is 5. The highest BCUT2D eigenvalue weighted by Gasteiger charge is 2.34. The Kier molecular flexibility index (Phi) is 12.3. The number of carbonyl (C=O) groups is 4. The Morgan fingerprint density at radius 2 is 1.55 bits per heavy atom. The molecule has 2 aromatic carbocycles. The molecule has 0 fully saturated rings. The van der Waals surface area contributed by atoms with Crippen molar-refractivity contribution in [3.8, 4) is 11.1 Å². The van der Waals surface area contributed by atoms with Crippen LogP contribution in [0.1, 0.15) is 66.8 Å². The van der Waals surface area contributed by atoms with Gasteiger partial charge in [0.25, 0.3) is 0 Å². The van der Waals surface area contributed by atoms with Crippen LogP contribution < -0.4 is 5.73 Å². The van der Waals surface area contributed by atoms with Gasteiger partial charge in [-0.1, -0.05) is 66.3 Å². The van der Waals surface area contributed by atoms with Crippen molar-refractivity contribution in [1.29, 1.82) is 0 Å². The van der Waals surface area contributed by atoms with Gasteiger partial charge in [-0.05, 0) is 57.7 Å². The average Bonchev–Trinajstić information content (AvgIpc) is 2.89. The van der Waals surface area contributed by atoms with Crippen LogP contribution in [-0.4, -0.2) is 54.5 Å². The average molecular weight is 565 g/mol. The highest BCUT2D eigenvalue weighted by Crippen LogP contribution is 2.33. The Bertz CT molecular complexity index is 1370. The van der Waals surface area contributed by atoms with Crippen LogP contribution in [0.25, 0.3) is 11.1 Å². The standard InChI is InChI=1S/C15H13NO4.C9H10O4.C6H11Si/c1-8-10(14(17)18)7-11(9-5-3-2-4-6-9)13(16)12(8)15(19)20;1-9(8(12)13)4-2-3-6(5-9)7(10)11;1-4-5(2)6(3)7/h2-7H,16H2,1H3,(H,17,18)(H,19,20);2-4H,5H2,1H3,(H,10,11)(H,12,13);4H2,1-3H3. The number of rotatable bonds is 6. The molecular formula is C30H34NO8Si. The number of carboxylic acids is 4. The van der Waals surface area contributed by atoms with Gasteiger partial charge in [0, 0.05) is 11.1 Å². The first-order valence-electron chi connectivity index (χ1n) is 12.2. The molecule has 40 heavy (non-hydrogen) atoms. The fraction of sp³-hybridized carbons (Fsp3) is 0.267. The summed E-state index contributed by atoms with van der Waals surface area (Å²) in [6, 6.07) is 10.3. The number of allylic oxidation sites excluding steroid dienone is 4. The Hall–Kier alpha value is -4.44. The predicted octanol–water partition coefficient (Wildman–Crippen LogP) is 5.55. The molecule has 6 N–H and O–H groups in total. The summed E-state index contributed by atoms with van der Waals surface area (Å²) in [7, 11) is 3.43. The largest absolute Gasteiger partial charge is 0.481 e. The smallest absolute Gasteiger partial charge is 0.338 e. The highest BCUT2D eigenvalue weighted by atomic mass is 28.1. The van der Waals surface area contributed by atoms with Gasteiger partial charge >= 0.3 is 23.9 Å². The Morgan fingerprint density at radius 3 is 1.95 bits per heavy atom. The molecule has 211 valence electrons. The summed E-state index contributed by atoms with van der Waals surface area (Å²) in [6.07, 6.45) is 5.58. The van der Waals surface area contributed by atoms with Gasteiger partial charge in [-0.25, -0.2) is 14.4 Å². The molecule has 0 heterocycles. The first-order chi connectivity index (χ1) is 18.6. The molecule has 1 aliphatic rings. The van der Waals surface area contributed by atoms with Crippen LogP contribution in [0.15, 0.2) is 71.0 Å². The number of aliphatic carboxylic acids is 2. The third kappa shape index (κ3) is 8.81. The second-order valence-electron chi connectivity index (χ2n) is 9.38. The molecule has 0 spiro atoms. The molecule has 3 radical (unpaired) electrons. The third-order valence-corrected chi connectivity index (χ3v) is 6.84. The lowest BCUT2D eigenvalue weighted by Crippen LogP contribution is -2.28. The van der Waals surface area contributed by atoms with Crippen molar-refractivity contribution in [1.82, 2.24) is 0 Å². The summed E-state index contributed by atoms with van der Waals surface area (Å²) in [5, 5.41) is 37.2. The molecule has 1 unspecified atom stereocenters. The summed E-state index contributed by atoms with van der Waals surface area (Å²) in [6.45, 7) is 9.29. The zero-order valence-electron chi connectivity index (χ0n) is 23.1. The second-order valence-corrected chi connectivity index (χ2v) is 10.1. The molecule has 2 aromatic rings. The molecule has 9 nitrogen and oxygen atoms in total. The number of carboxylic acid groups (broad SMARTS) is 4.